The second-order valence-corrected chi connectivity index (χ2v) is 7.56. The number of carbonyl (C=O) groups is 2. The smallest absolute Gasteiger partial charge is 0.257 e. The van der Waals surface area contributed by atoms with Crippen LogP contribution in [0.15, 0.2) is 48.5 Å². The molecule has 0 aliphatic rings. The third kappa shape index (κ3) is 6.38. The molecule has 0 bridgehead atoms. The number of rotatable bonds is 5. The number of hydrogen-bond acceptors (Lipinski definition) is 3. The lowest BCUT2D eigenvalue weighted by atomic mass is 10.1. The molecule has 7 heteroatoms. The van der Waals surface area contributed by atoms with Crippen molar-refractivity contribution in [1.29, 1.82) is 0 Å². The predicted octanol–water partition coefficient (Wildman–Crippen LogP) is 3.44. The van der Waals surface area contributed by atoms with Gasteiger partial charge < -0.3 is 10.2 Å². The Morgan fingerprint density at radius 2 is 1.81 bits per heavy atom. The molecule has 2 aromatic carbocycles. The molecule has 0 fully saturated rings. The van der Waals surface area contributed by atoms with Gasteiger partial charge in [-0.15, -0.1) is 0 Å². The summed E-state index contributed by atoms with van der Waals surface area (Å²) < 4.78 is 0.984. The topological polar surface area (TPSA) is 61.4 Å². The van der Waals surface area contributed by atoms with E-state index in [1.165, 1.54) is 0 Å². The summed E-state index contributed by atoms with van der Waals surface area (Å²) in [6.07, 6.45) is 1.16. The second-order valence-electron chi connectivity index (χ2n) is 5.90. The molecule has 0 atom stereocenters. The highest BCUT2D eigenvalue weighted by Crippen LogP contribution is 2.12. The molecule has 2 rings (SSSR count). The Morgan fingerprint density at radius 3 is 2.42 bits per heavy atom. The minimum Gasteiger partial charge on any atom is -0.349 e. The molecular weight excluding hydrogens is 461 g/mol. The van der Waals surface area contributed by atoms with Gasteiger partial charge in [0.25, 0.3) is 5.91 Å². The van der Waals surface area contributed by atoms with E-state index in [4.69, 9.17) is 12.2 Å². The molecular formula is C19H20IN3O2S. The zero-order chi connectivity index (χ0) is 19.1. The number of benzene rings is 2. The molecule has 0 aliphatic carbocycles. The van der Waals surface area contributed by atoms with E-state index in [1.54, 1.807) is 31.1 Å². The fourth-order valence-electron chi connectivity index (χ4n) is 2.20. The number of halogens is 1. The minimum absolute atomic E-state index is 0.103. The molecule has 2 aromatic rings. The van der Waals surface area contributed by atoms with Crippen molar-refractivity contribution < 1.29 is 9.59 Å². The van der Waals surface area contributed by atoms with Crippen LogP contribution in [0.5, 0.6) is 0 Å². The minimum atomic E-state index is -0.250. The highest BCUT2D eigenvalue weighted by atomic mass is 127. The van der Waals surface area contributed by atoms with E-state index in [1.807, 2.05) is 36.4 Å². The van der Waals surface area contributed by atoms with Crippen LogP contribution in [0.25, 0.3) is 0 Å². The summed E-state index contributed by atoms with van der Waals surface area (Å²) >= 11 is 7.35. The number of carbonyl (C=O) groups excluding carboxylic acids is 2. The number of amides is 2. The summed E-state index contributed by atoms with van der Waals surface area (Å²) in [7, 11) is 3.50. The van der Waals surface area contributed by atoms with Crippen molar-refractivity contribution in [2.24, 2.45) is 0 Å². The van der Waals surface area contributed by atoms with Crippen molar-refractivity contribution in [3.8, 4) is 0 Å². The maximum absolute atomic E-state index is 12.2. The van der Waals surface area contributed by atoms with Gasteiger partial charge >= 0.3 is 0 Å². The number of aryl methyl sites for hydroxylation is 1. The number of nitrogens with zero attached hydrogens (tertiary/aromatic N) is 1. The third-order valence-electron chi connectivity index (χ3n) is 3.65. The fraction of sp³-hybridized carbons (Fsp3) is 0.211. The Hall–Kier alpha value is -2.00. The van der Waals surface area contributed by atoms with Gasteiger partial charge in [0.1, 0.15) is 0 Å². The van der Waals surface area contributed by atoms with Crippen LogP contribution in [-0.4, -0.2) is 35.9 Å². The molecule has 26 heavy (non-hydrogen) atoms. The van der Waals surface area contributed by atoms with Crippen LogP contribution >= 0.6 is 34.8 Å². The summed E-state index contributed by atoms with van der Waals surface area (Å²) in [6, 6.07) is 14.9. The van der Waals surface area contributed by atoms with E-state index >= 15 is 0 Å². The molecule has 0 unspecified atom stereocenters. The Labute approximate surface area is 172 Å². The van der Waals surface area contributed by atoms with Crippen molar-refractivity contribution in [2.45, 2.75) is 12.8 Å². The first-order valence-corrected chi connectivity index (χ1v) is 9.51. The monoisotopic (exact) mass is 481 g/mol. The summed E-state index contributed by atoms with van der Waals surface area (Å²) in [4.78, 5) is 25.4. The van der Waals surface area contributed by atoms with Crippen molar-refractivity contribution >= 4 is 57.4 Å². The predicted molar refractivity (Wildman–Crippen MR) is 116 cm³/mol. The van der Waals surface area contributed by atoms with E-state index < -0.39 is 0 Å². The number of nitrogens with one attached hydrogen (secondary N) is 2. The molecule has 0 radical (unpaired) electrons. The van der Waals surface area contributed by atoms with Crippen molar-refractivity contribution in [3.63, 3.8) is 0 Å². The fourth-order valence-corrected chi connectivity index (χ4v) is 2.95. The number of thiocarbonyl (C=S) groups is 1. The lowest BCUT2D eigenvalue weighted by Gasteiger charge is -2.11. The Bertz CT molecular complexity index is 807. The summed E-state index contributed by atoms with van der Waals surface area (Å²) in [5.41, 5.74) is 2.40. The molecule has 0 spiro atoms. The van der Waals surface area contributed by atoms with Crippen LogP contribution in [0.1, 0.15) is 22.3 Å². The molecule has 0 saturated carbocycles. The Balaban J connectivity index is 1.87. The lowest BCUT2D eigenvalue weighted by molar-refractivity contribution is -0.128. The summed E-state index contributed by atoms with van der Waals surface area (Å²) in [5, 5.41) is 5.90. The van der Waals surface area contributed by atoms with Gasteiger partial charge in [-0.1, -0.05) is 18.2 Å². The van der Waals surface area contributed by atoms with Gasteiger partial charge in [-0.3, -0.25) is 14.9 Å². The molecule has 0 heterocycles. The molecule has 0 aliphatic heterocycles. The van der Waals surface area contributed by atoms with Crippen molar-refractivity contribution in [2.75, 3.05) is 19.4 Å². The van der Waals surface area contributed by atoms with E-state index in [2.05, 4.69) is 33.2 Å². The SMILES string of the molecule is CN(C)C(=O)CCc1ccc(NC(=S)NC(=O)c2cccc(I)c2)cc1. The van der Waals surface area contributed by atoms with Crippen LogP contribution in [0.4, 0.5) is 5.69 Å². The highest BCUT2D eigenvalue weighted by molar-refractivity contribution is 14.1. The van der Waals surface area contributed by atoms with Crippen molar-refractivity contribution in [3.05, 3.63) is 63.2 Å². The number of hydrogen-bond donors (Lipinski definition) is 2. The third-order valence-corrected chi connectivity index (χ3v) is 4.53. The first-order chi connectivity index (χ1) is 12.3. The van der Waals surface area contributed by atoms with Crippen LogP contribution in [-0.2, 0) is 11.2 Å². The quantitative estimate of drug-likeness (QED) is 0.508. The number of anilines is 1. The average Bonchev–Trinajstić information content (AvgIpc) is 2.60. The summed E-state index contributed by atoms with van der Waals surface area (Å²) in [5.74, 6) is -0.147. The van der Waals surface area contributed by atoms with Crippen LogP contribution in [0, 0.1) is 3.57 Å². The standard InChI is InChI=1S/C19H20IN3O2S/c1-23(2)17(24)11-8-13-6-9-16(10-7-13)21-19(26)22-18(25)14-4-3-5-15(20)12-14/h3-7,9-10,12H,8,11H2,1-2H3,(H2,21,22,25,26). The normalized spacial score (nSPS) is 10.1. The van der Waals surface area contributed by atoms with Crippen molar-refractivity contribution in [1.82, 2.24) is 10.2 Å². The van der Waals surface area contributed by atoms with Gasteiger partial charge in [0.15, 0.2) is 5.11 Å². The summed E-state index contributed by atoms with van der Waals surface area (Å²) in [6.45, 7) is 0. The van der Waals surface area contributed by atoms with E-state index in [0.29, 0.717) is 18.4 Å². The second kappa shape index (κ2) is 9.63. The molecule has 0 saturated heterocycles. The van der Waals surface area contributed by atoms with Gasteiger partial charge in [-0.25, -0.2) is 0 Å². The zero-order valence-corrected chi connectivity index (χ0v) is 17.6. The maximum Gasteiger partial charge on any atom is 0.257 e. The molecule has 0 aromatic heterocycles. The lowest BCUT2D eigenvalue weighted by Crippen LogP contribution is -2.34. The van der Waals surface area contributed by atoms with Gasteiger partial charge in [0.05, 0.1) is 0 Å². The first-order valence-electron chi connectivity index (χ1n) is 8.02. The van der Waals surface area contributed by atoms with Crippen LogP contribution in [0.3, 0.4) is 0 Å². The molecule has 2 amide bonds. The molecule has 2 N–H and O–H groups in total. The molecule has 5 nitrogen and oxygen atoms in total. The Kier molecular flexibility index (Phi) is 7.52. The zero-order valence-electron chi connectivity index (χ0n) is 14.6. The highest BCUT2D eigenvalue weighted by Gasteiger charge is 2.09. The Morgan fingerprint density at radius 1 is 1.12 bits per heavy atom. The maximum atomic E-state index is 12.2. The molecule has 136 valence electrons. The van der Waals surface area contributed by atoms with Gasteiger partial charge in [-0.2, -0.15) is 0 Å². The van der Waals surface area contributed by atoms with E-state index in [0.717, 1.165) is 14.8 Å². The van der Waals surface area contributed by atoms with Gasteiger partial charge in [-0.05, 0) is 77.1 Å². The largest absolute Gasteiger partial charge is 0.349 e. The van der Waals surface area contributed by atoms with Gasteiger partial charge in [0.2, 0.25) is 5.91 Å². The van der Waals surface area contributed by atoms with E-state index in [9.17, 15) is 9.59 Å². The van der Waals surface area contributed by atoms with Crippen LogP contribution in [0.2, 0.25) is 0 Å². The van der Waals surface area contributed by atoms with Gasteiger partial charge in [0, 0.05) is 35.3 Å². The van der Waals surface area contributed by atoms with Crippen LogP contribution < -0.4 is 10.6 Å². The average molecular weight is 481 g/mol. The first kappa shape index (κ1) is 20.3. The van der Waals surface area contributed by atoms with E-state index in [-0.39, 0.29) is 16.9 Å².